The van der Waals surface area contributed by atoms with E-state index >= 15 is 0 Å². The van der Waals surface area contributed by atoms with Crippen LogP contribution in [-0.2, 0) is 4.79 Å². The van der Waals surface area contributed by atoms with E-state index in [-0.39, 0.29) is 12.0 Å². The van der Waals surface area contributed by atoms with Crippen molar-refractivity contribution in [1.29, 1.82) is 0 Å². The number of nitro benzene ring substituents is 1. The van der Waals surface area contributed by atoms with Gasteiger partial charge in [-0.05, 0) is 19.3 Å². The zero-order valence-electron chi connectivity index (χ0n) is 10.4. The van der Waals surface area contributed by atoms with Gasteiger partial charge in [0.1, 0.15) is 5.82 Å². The van der Waals surface area contributed by atoms with Crippen molar-refractivity contribution in [1.82, 2.24) is 0 Å². The molecule has 0 spiro atoms. The van der Waals surface area contributed by atoms with Crippen LogP contribution in [0.2, 0.25) is 0 Å². The third-order valence-electron chi connectivity index (χ3n) is 3.34. The van der Waals surface area contributed by atoms with E-state index in [0.717, 1.165) is 0 Å². The minimum Gasteiger partial charge on any atom is -0.328 e. The molecule has 1 aromatic carbocycles. The lowest BCUT2D eigenvalue weighted by atomic mass is 10.1. The number of carbonyl (C=O) groups excluding carboxylic acids is 1. The topological polar surface area (TPSA) is 98.3 Å². The first-order valence-corrected chi connectivity index (χ1v) is 6.08. The molecule has 2 rings (SSSR count). The van der Waals surface area contributed by atoms with E-state index in [4.69, 9.17) is 5.73 Å². The molecule has 0 bridgehead atoms. The van der Waals surface area contributed by atoms with Crippen LogP contribution in [-0.4, -0.2) is 16.9 Å². The van der Waals surface area contributed by atoms with Gasteiger partial charge >= 0.3 is 5.69 Å². The molecule has 0 saturated heterocycles. The number of carbonyl (C=O) groups is 1. The van der Waals surface area contributed by atoms with Crippen molar-refractivity contribution in [3.63, 3.8) is 0 Å². The van der Waals surface area contributed by atoms with Gasteiger partial charge in [-0.1, -0.05) is 0 Å². The summed E-state index contributed by atoms with van der Waals surface area (Å²) in [6, 6.07) is 0.990. The first kappa shape index (κ1) is 14.3. The summed E-state index contributed by atoms with van der Waals surface area (Å²) >= 11 is 0. The predicted octanol–water partition coefficient (Wildman–Crippen LogP) is 1.94. The number of halogens is 2. The lowest BCUT2D eigenvalue weighted by molar-refractivity contribution is -0.387. The van der Waals surface area contributed by atoms with Gasteiger partial charge in [-0.15, -0.1) is 0 Å². The minimum absolute atomic E-state index is 0.0712. The number of nitrogens with zero attached hydrogens (tertiary/aromatic N) is 1. The molecule has 1 fully saturated rings. The summed E-state index contributed by atoms with van der Waals surface area (Å²) in [6.07, 6.45) is 1.76. The number of nitrogens with two attached hydrogens (primary N) is 1. The number of nitro groups is 1. The summed E-state index contributed by atoms with van der Waals surface area (Å²) in [7, 11) is 0. The van der Waals surface area contributed by atoms with Crippen LogP contribution >= 0.6 is 0 Å². The normalized spacial score (nSPS) is 21.8. The van der Waals surface area contributed by atoms with Gasteiger partial charge in [0.2, 0.25) is 11.7 Å². The summed E-state index contributed by atoms with van der Waals surface area (Å²) in [5.74, 6) is -3.15. The number of anilines is 1. The van der Waals surface area contributed by atoms with Crippen LogP contribution in [0.15, 0.2) is 12.1 Å². The van der Waals surface area contributed by atoms with Crippen LogP contribution in [0.4, 0.5) is 20.2 Å². The Balaban J connectivity index is 2.18. The van der Waals surface area contributed by atoms with Crippen molar-refractivity contribution >= 4 is 17.3 Å². The number of benzene rings is 1. The van der Waals surface area contributed by atoms with Crippen LogP contribution in [0.3, 0.4) is 0 Å². The van der Waals surface area contributed by atoms with E-state index in [1.165, 1.54) is 0 Å². The molecular weight excluding hydrogens is 272 g/mol. The Morgan fingerprint density at radius 3 is 2.60 bits per heavy atom. The third kappa shape index (κ3) is 2.90. The molecule has 1 amide bonds. The van der Waals surface area contributed by atoms with E-state index < -0.39 is 33.8 Å². The molecule has 1 aliphatic rings. The summed E-state index contributed by atoms with van der Waals surface area (Å²) < 4.78 is 26.7. The molecule has 0 heterocycles. The van der Waals surface area contributed by atoms with Crippen molar-refractivity contribution in [2.75, 3.05) is 5.32 Å². The minimum atomic E-state index is -1.28. The van der Waals surface area contributed by atoms with E-state index in [9.17, 15) is 23.7 Å². The predicted molar refractivity (Wildman–Crippen MR) is 67.0 cm³/mol. The molecule has 0 aromatic heterocycles. The molecule has 1 saturated carbocycles. The van der Waals surface area contributed by atoms with E-state index in [0.29, 0.717) is 31.4 Å². The zero-order chi connectivity index (χ0) is 14.9. The lowest BCUT2D eigenvalue weighted by Gasteiger charge is -2.11. The van der Waals surface area contributed by atoms with Crippen molar-refractivity contribution in [3.8, 4) is 0 Å². The second-order valence-corrected chi connectivity index (χ2v) is 4.80. The first-order chi connectivity index (χ1) is 9.38. The quantitative estimate of drug-likeness (QED) is 0.655. The summed E-state index contributed by atoms with van der Waals surface area (Å²) in [6.45, 7) is 0. The Hall–Kier alpha value is -2.09. The Morgan fingerprint density at radius 2 is 2.05 bits per heavy atom. The Labute approximate surface area is 113 Å². The fourth-order valence-corrected chi connectivity index (χ4v) is 2.26. The van der Waals surface area contributed by atoms with Gasteiger partial charge < -0.3 is 11.1 Å². The van der Waals surface area contributed by atoms with Gasteiger partial charge in [0.25, 0.3) is 0 Å². The van der Waals surface area contributed by atoms with Crippen LogP contribution in [0.25, 0.3) is 0 Å². The maximum Gasteiger partial charge on any atom is 0.307 e. The second-order valence-electron chi connectivity index (χ2n) is 4.80. The molecular formula is C12H13F2N3O3. The number of amides is 1. The number of hydrogen-bond donors (Lipinski definition) is 2. The molecule has 1 aliphatic carbocycles. The fourth-order valence-electron chi connectivity index (χ4n) is 2.26. The van der Waals surface area contributed by atoms with Crippen molar-refractivity contribution < 1.29 is 18.5 Å². The molecule has 3 N–H and O–H groups in total. The highest BCUT2D eigenvalue weighted by atomic mass is 19.1. The zero-order valence-corrected chi connectivity index (χ0v) is 10.4. The number of rotatable bonds is 3. The van der Waals surface area contributed by atoms with Gasteiger partial charge in [-0.3, -0.25) is 14.9 Å². The maximum absolute atomic E-state index is 13.5. The highest BCUT2D eigenvalue weighted by Gasteiger charge is 2.29. The SMILES string of the molecule is NC1CCC(C(=O)Nc2cc([N+](=O)[O-])c(F)cc2F)C1. The molecule has 2 atom stereocenters. The number of nitrogens with one attached hydrogen (secondary N) is 1. The summed E-state index contributed by atoms with van der Waals surface area (Å²) in [5.41, 5.74) is 4.39. The molecule has 0 radical (unpaired) electrons. The summed E-state index contributed by atoms with van der Waals surface area (Å²) in [4.78, 5) is 21.5. The van der Waals surface area contributed by atoms with Crippen molar-refractivity contribution in [2.45, 2.75) is 25.3 Å². The molecule has 0 aliphatic heterocycles. The molecule has 6 nitrogen and oxygen atoms in total. The molecule has 108 valence electrons. The van der Waals surface area contributed by atoms with Gasteiger partial charge in [-0.25, -0.2) is 4.39 Å². The second kappa shape index (κ2) is 5.49. The van der Waals surface area contributed by atoms with Crippen LogP contribution in [0.5, 0.6) is 0 Å². The highest BCUT2D eigenvalue weighted by molar-refractivity contribution is 5.93. The third-order valence-corrected chi connectivity index (χ3v) is 3.34. The van der Waals surface area contributed by atoms with Gasteiger partial charge in [0, 0.05) is 24.1 Å². The Bertz CT molecular complexity index is 565. The standard InChI is InChI=1S/C12H13F2N3O3/c13-8-4-9(14)11(17(19)20)5-10(8)16-12(18)6-1-2-7(15)3-6/h4-7H,1-3,15H2,(H,16,18). The smallest absolute Gasteiger partial charge is 0.307 e. The fraction of sp³-hybridized carbons (Fsp3) is 0.417. The van der Waals surface area contributed by atoms with Crippen LogP contribution in [0, 0.1) is 27.7 Å². The Morgan fingerprint density at radius 1 is 1.35 bits per heavy atom. The Kier molecular flexibility index (Phi) is 3.93. The molecule has 1 aromatic rings. The van der Waals surface area contributed by atoms with E-state index in [1.807, 2.05) is 0 Å². The average molecular weight is 285 g/mol. The highest BCUT2D eigenvalue weighted by Crippen LogP contribution is 2.28. The van der Waals surface area contributed by atoms with Crippen molar-refractivity contribution in [2.24, 2.45) is 11.7 Å². The van der Waals surface area contributed by atoms with Crippen molar-refractivity contribution in [3.05, 3.63) is 33.9 Å². The maximum atomic E-state index is 13.5. The molecule has 8 heteroatoms. The number of hydrogen-bond acceptors (Lipinski definition) is 4. The molecule has 2 unspecified atom stereocenters. The average Bonchev–Trinajstić information content (AvgIpc) is 2.79. The largest absolute Gasteiger partial charge is 0.328 e. The van der Waals surface area contributed by atoms with E-state index in [2.05, 4.69) is 5.32 Å². The lowest BCUT2D eigenvalue weighted by Crippen LogP contribution is -2.23. The summed E-state index contributed by atoms with van der Waals surface area (Å²) in [5, 5.41) is 12.8. The van der Waals surface area contributed by atoms with Gasteiger partial charge in [-0.2, -0.15) is 4.39 Å². The van der Waals surface area contributed by atoms with E-state index in [1.54, 1.807) is 0 Å². The van der Waals surface area contributed by atoms with Crippen LogP contribution in [0.1, 0.15) is 19.3 Å². The monoisotopic (exact) mass is 285 g/mol. The van der Waals surface area contributed by atoms with Crippen LogP contribution < -0.4 is 11.1 Å². The van der Waals surface area contributed by atoms with Gasteiger partial charge in [0.15, 0.2) is 0 Å². The molecule has 20 heavy (non-hydrogen) atoms. The first-order valence-electron chi connectivity index (χ1n) is 6.08. The van der Waals surface area contributed by atoms with Gasteiger partial charge in [0.05, 0.1) is 10.6 Å².